The molecule has 118 valence electrons. The molecule has 3 aromatic rings. The maximum absolute atomic E-state index is 11.1. The van der Waals surface area contributed by atoms with Crippen molar-refractivity contribution in [1.29, 1.82) is 0 Å². The minimum atomic E-state index is 0.350. The Balaban J connectivity index is 1.87. The number of benzene rings is 2. The van der Waals surface area contributed by atoms with Crippen molar-refractivity contribution in [1.82, 2.24) is 9.88 Å². The molecular formula is C17H18N4O2. The molecule has 3 rings (SSSR count). The van der Waals surface area contributed by atoms with Crippen molar-refractivity contribution >= 4 is 22.5 Å². The molecule has 0 amide bonds. The van der Waals surface area contributed by atoms with Crippen molar-refractivity contribution in [3.63, 3.8) is 0 Å². The van der Waals surface area contributed by atoms with Crippen LogP contribution in [0, 0.1) is 4.91 Å². The Hall–Kier alpha value is -2.73. The molecule has 6 nitrogen and oxygen atoms in total. The van der Waals surface area contributed by atoms with Crippen LogP contribution < -0.4 is 5.32 Å². The molecule has 0 atom stereocenters. The number of hydrogen-bond donors (Lipinski definition) is 1. The van der Waals surface area contributed by atoms with E-state index in [0.29, 0.717) is 17.3 Å². The van der Waals surface area contributed by atoms with Gasteiger partial charge in [0.15, 0.2) is 5.58 Å². The second-order valence-electron chi connectivity index (χ2n) is 5.54. The molecule has 1 aromatic heterocycles. The Morgan fingerprint density at radius 2 is 2.04 bits per heavy atom. The number of oxazole rings is 1. The van der Waals surface area contributed by atoms with Gasteiger partial charge in [0.1, 0.15) is 11.2 Å². The molecule has 0 saturated heterocycles. The van der Waals surface area contributed by atoms with Gasteiger partial charge >= 0.3 is 0 Å². The molecule has 0 bridgehead atoms. The maximum atomic E-state index is 11.1. The van der Waals surface area contributed by atoms with E-state index >= 15 is 0 Å². The number of fused-ring (bicyclic) bond motifs is 1. The number of para-hydroxylation sites is 2. The third-order valence-electron chi connectivity index (χ3n) is 3.51. The van der Waals surface area contributed by atoms with E-state index in [2.05, 4.69) is 20.4 Å². The van der Waals surface area contributed by atoms with Gasteiger partial charge in [0.2, 0.25) is 5.89 Å². The van der Waals surface area contributed by atoms with Crippen LogP contribution in [0.25, 0.3) is 22.6 Å². The van der Waals surface area contributed by atoms with Crippen LogP contribution >= 0.6 is 0 Å². The molecular weight excluding hydrogens is 292 g/mol. The predicted molar refractivity (Wildman–Crippen MR) is 91.9 cm³/mol. The lowest BCUT2D eigenvalue weighted by molar-refractivity contribution is 0.425. The molecule has 0 aliphatic rings. The molecule has 0 spiro atoms. The summed E-state index contributed by atoms with van der Waals surface area (Å²) >= 11 is 0. The van der Waals surface area contributed by atoms with Gasteiger partial charge in [0, 0.05) is 18.7 Å². The Kier molecular flexibility index (Phi) is 4.34. The van der Waals surface area contributed by atoms with Crippen molar-refractivity contribution < 1.29 is 4.42 Å². The first kappa shape index (κ1) is 15.2. The Bertz CT molecular complexity index is 793. The number of anilines is 1. The Labute approximate surface area is 134 Å². The summed E-state index contributed by atoms with van der Waals surface area (Å²) in [5, 5.41) is 6.33. The summed E-state index contributed by atoms with van der Waals surface area (Å²) in [6, 6.07) is 12.9. The zero-order valence-electron chi connectivity index (χ0n) is 13.1. The second-order valence-corrected chi connectivity index (χ2v) is 5.54. The number of hydrogen-bond acceptors (Lipinski definition) is 6. The highest BCUT2D eigenvalue weighted by Gasteiger charge is 2.11. The van der Waals surface area contributed by atoms with Crippen molar-refractivity contribution in [3.8, 4) is 11.5 Å². The highest BCUT2D eigenvalue weighted by atomic mass is 16.3. The fraction of sp³-hybridized carbons (Fsp3) is 0.235. The molecule has 23 heavy (non-hydrogen) atoms. The molecule has 0 aliphatic carbocycles. The van der Waals surface area contributed by atoms with Gasteiger partial charge in [-0.3, -0.25) is 0 Å². The van der Waals surface area contributed by atoms with Crippen LogP contribution in [-0.2, 0) is 0 Å². The van der Waals surface area contributed by atoms with E-state index < -0.39 is 0 Å². The first-order valence-corrected chi connectivity index (χ1v) is 7.39. The van der Waals surface area contributed by atoms with Crippen LogP contribution in [0.15, 0.2) is 52.1 Å². The minimum Gasteiger partial charge on any atom is -0.436 e. The van der Waals surface area contributed by atoms with Gasteiger partial charge in [0.05, 0.1) is 5.69 Å². The van der Waals surface area contributed by atoms with Gasteiger partial charge in [-0.25, -0.2) is 4.98 Å². The summed E-state index contributed by atoms with van der Waals surface area (Å²) in [5.74, 6) is 0.482. The molecule has 1 heterocycles. The number of aromatic nitrogens is 1. The smallest absolute Gasteiger partial charge is 0.227 e. The lowest BCUT2D eigenvalue weighted by Crippen LogP contribution is -2.20. The molecule has 2 aromatic carbocycles. The quantitative estimate of drug-likeness (QED) is 0.700. The summed E-state index contributed by atoms with van der Waals surface area (Å²) in [6.45, 7) is 1.60. The van der Waals surface area contributed by atoms with Crippen LogP contribution in [0.4, 0.5) is 11.4 Å². The van der Waals surface area contributed by atoms with E-state index in [-0.39, 0.29) is 0 Å². The monoisotopic (exact) mass is 310 g/mol. The molecule has 0 fully saturated rings. The van der Waals surface area contributed by atoms with Crippen LogP contribution in [0.2, 0.25) is 0 Å². The molecule has 6 heteroatoms. The topological polar surface area (TPSA) is 70.7 Å². The van der Waals surface area contributed by atoms with E-state index in [0.717, 1.165) is 29.8 Å². The van der Waals surface area contributed by atoms with Gasteiger partial charge in [-0.15, -0.1) is 4.91 Å². The minimum absolute atomic E-state index is 0.350. The fourth-order valence-electron chi connectivity index (χ4n) is 2.30. The van der Waals surface area contributed by atoms with Gasteiger partial charge < -0.3 is 14.6 Å². The lowest BCUT2D eigenvalue weighted by atomic mass is 10.1. The van der Waals surface area contributed by atoms with Gasteiger partial charge in [-0.05, 0) is 49.6 Å². The third kappa shape index (κ3) is 3.37. The number of likely N-dealkylation sites (N-methyl/N-ethyl adjacent to an activating group) is 1. The highest BCUT2D eigenvalue weighted by molar-refractivity contribution is 5.78. The molecule has 1 N–H and O–H groups in total. The molecule has 0 radical (unpaired) electrons. The van der Waals surface area contributed by atoms with Crippen LogP contribution in [0.3, 0.4) is 0 Å². The van der Waals surface area contributed by atoms with Gasteiger partial charge in [0.25, 0.3) is 0 Å². The number of rotatable bonds is 6. The Morgan fingerprint density at radius 3 is 2.78 bits per heavy atom. The van der Waals surface area contributed by atoms with E-state index in [4.69, 9.17) is 4.42 Å². The van der Waals surface area contributed by atoms with E-state index in [9.17, 15) is 4.91 Å². The maximum Gasteiger partial charge on any atom is 0.227 e. The Morgan fingerprint density at radius 1 is 1.22 bits per heavy atom. The van der Waals surface area contributed by atoms with E-state index in [1.807, 2.05) is 50.5 Å². The van der Waals surface area contributed by atoms with Crippen LogP contribution in [-0.4, -0.2) is 37.1 Å². The third-order valence-corrected chi connectivity index (χ3v) is 3.51. The predicted octanol–water partition coefficient (Wildman–Crippen LogP) is 3.87. The van der Waals surface area contributed by atoms with E-state index in [1.54, 1.807) is 6.07 Å². The molecule has 0 aliphatic heterocycles. The molecule has 0 saturated carbocycles. The second kappa shape index (κ2) is 6.58. The summed E-state index contributed by atoms with van der Waals surface area (Å²) in [5.41, 5.74) is 3.30. The summed E-state index contributed by atoms with van der Waals surface area (Å²) in [6.07, 6.45) is 0. The first-order chi connectivity index (χ1) is 11.2. The van der Waals surface area contributed by atoms with Crippen LogP contribution in [0.5, 0.6) is 0 Å². The highest BCUT2D eigenvalue weighted by Crippen LogP contribution is 2.32. The largest absolute Gasteiger partial charge is 0.436 e. The van der Waals surface area contributed by atoms with Crippen molar-refractivity contribution in [2.45, 2.75) is 0 Å². The zero-order valence-corrected chi connectivity index (χ0v) is 13.1. The van der Waals surface area contributed by atoms with Crippen molar-refractivity contribution in [2.75, 3.05) is 32.5 Å². The number of nitrogens with zero attached hydrogens (tertiary/aromatic N) is 3. The zero-order chi connectivity index (χ0) is 16.2. The average molecular weight is 310 g/mol. The average Bonchev–Trinajstić information content (AvgIpc) is 2.98. The number of nitrogens with one attached hydrogen (secondary N) is 1. The fourth-order valence-corrected chi connectivity index (χ4v) is 2.30. The summed E-state index contributed by atoms with van der Waals surface area (Å²) in [4.78, 5) is 17.6. The summed E-state index contributed by atoms with van der Waals surface area (Å²) < 4.78 is 5.72. The van der Waals surface area contributed by atoms with Gasteiger partial charge in [-0.2, -0.15) is 0 Å². The van der Waals surface area contributed by atoms with E-state index in [1.165, 1.54) is 0 Å². The van der Waals surface area contributed by atoms with Crippen molar-refractivity contribution in [2.24, 2.45) is 5.18 Å². The first-order valence-electron chi connectivity index (χ1n) is 7.39. The number of nitroso groups, excluding NO2 is 1. The normalized spacial score (nSPS) is 11.1. The van der Waals surface area contributed by atoms with Crippen LogP contribution in [0.1, 0.15) is 0 Å². The molecule has 0 unspecified atom stereocenters. The SMILES string of the molecule is CN(C)CCNc1ccc(-c2nc3ccccc3o2)cc1N=O. The summed E-state index contributed by atoms with van der Waals surface area (Å²) in [7, 11) is 3.99. The standard InChI is InChI=1S/C17H18N4O2/c1-21(2)10-9-18-13-8-7-12(11-15(13)20-22)17-19-14-5-3-4-6-16(14)23-17/h3-8,11,18H,9-10H2,1-2H3. The van der Waals surface area contributed by atoms with Crippen molar-refractivity contribution in [3.05, 3.63) is 47.4 Å². The lowest BCUT2D eigenvalue weighted by Gasteiger charge is -2.12. The van der Waals surface area contributed by atoms with Gasteiger partial charge in [-0.1, -0.05) is 12.1 Å².